The molecule has 0 spiro atoms. The fraction of sp³-hybridized carbons (Fsp3) is 0.881. The maximum absolute atomic E-state index is 13.0. The molecule has 7 atom stereocenters. The Morgan fingerprint density at radius 3 is 0.988 bits per heavy atom. The van der Waals surface area contributed by atoms with Gasteiger partial charge in [0.05, 0.1) is 26.4 Å². The first-order valence-electron chi connectivity index (χ1n) is 34.4. The molecule has 0 aliphatic rings. The highest BCUT2D eigenvalue weighted by Gasteiger charge is 2.30. The summed E-state index contributed by atoms with van der Waals surface area (Å²) in [4.78, 5) is 72.2. The van der Waals surface area contributed by atoms with Crippen LogP contribution in [0, 0.1) is 11.8 Å². The predicted molar refractivity (Wildman–Crippen MR) is 344 cm³/mol. The van der Waals surface area contributed by atoms with Gasteiger partial charge in [-0.2, -0.15) is 0 Å². The average Bonchev–Trinajstić information content (AvgIpc) is 3.54. The van der Waals surface area contributed by atoms with E-state index in [9.17, 15) is 43.2 Å². The van der Waals surface area contributed by atoms with Crippen LogP contribution in [0.4, 0.5) is 0 Å². The number of allylic oxidation sites excluding steroid dienone is 4. The number of phosphoric acid groups is 2. The van der Waals surface area contributed by atoms with Gasteiger partial charge in [0, 0.05) is 25.7 Å². The molecule has 86 heavy (non-hydrogen) atoms. The van der Waals surface area contributed by atoms with Crippen molar-refractivity contribution >= 4 is 39.5 Å². The molecule has 0 saturated heterocycles. The van der Waals surface area contributed by atoms with Crippen LogP contribution in [0.1, 0.15) is 311 Å². The van der Waals surface area contributed by atoms with Gasteiger partial charge in [-0.1, -0.05) is 258 Å². The van der Waals surface area contributed by atoms with E-state index in [4.69, 9.17) is 37.0 Å². The zero-order valence-electron chi connectivity index (χ0n) is 55.1. The molecule has 0 saturated carbocycles. The predicted octanol–water partition coefficient (Wildman–Crippen LogP) is 18.4. The summed E-state index contributed by atoms with van der Waals surface area (Å²) >= 11 is 0. The number of aliphatic hydroxyl groups excluding tert-OH is 1. The fourth-order valence-corrected chi connectivity index (χ4v) is 11.0. The molecule has 0 aromatic rings. The van der Waals surface area contributed by atoms with Gasteiger partial charge in [-0.3, -0.25) is 37.3 Å². The normalized spacial score (nSPS) is 15.0. The minimum absolute atomic E-state index is 0.0845. The molecule has 17 nitrogen and oxygen atoms in total. The van der Waals surface area contributed by atoms with E-state index in [1.54, 1.807) is 0 Å². The zero-order chi connectivity index (χ0) is 63.6. The molecule has 3 N–H and O–H groups in total. The summed E-state index contributed by atoms with van der Waals surface area (Å²) in [5, 5.41) is 10.5. The Kier molecular flexibility index (Phi) is 57.2. The summed E-state index contributed by atoms with van der Waals surface area (Å²) in [7, 11) is -9.90. The van der Waals surface area contributed by atoms with Crippen LogP contribution in [-0.2, 0) is 65.4 Å². The Balaban J connectivity index is 5.27. The molecule has 0 aliphatic heterocycles. The van der Waals surface area contributed by atoms with Crippen LogP contribution in [0.5, 0.6) is 0 Å². The van der Waals surface area contributed by atoms with Gasteiger partial charge in [0.15, 0.2) is 12.2 Å². The summed E-state index contributed by atoms with van der Waals surface area (Å²) < 4.78 is 68.0. The Morgan fingerprint density at radius 1 is 0.372 bits per heavy atom. The fourth-order valence-electron chi connectivity index (χ4n) is 9.46. The number of hydrogen-bond acceptors (Lipinski definition) is 15. The van der Waals surface area contributed by atoms with Crippen molar-refractivity contribution in [3.63, 3.8) is 0 Å². The molecule has 0 aromatic carbocycles. The summed E-state index contributed by atoms with van der Waals surface area (Å²) in [5.74, 6) is -0.641. The van der Waals surface area contributed by atoms with Crippen LogP contribution in [0.15, 0.2) is 24.3 Å². The smallest absolute Gasteiger partial charge is 0.462 e. The number of ether oxygens (including phenoxy) is 4. The van der Waals surface area contributed by atoms with E-state index >= 15 is 0 Å². The summed E-state index contributed by atoms with van der Waals surface area (Å²) in [6, 6.07) is 0. The number of esters is 4. The Morgan fingerprint density at radius 2 is 0.651 bits per heavy atom. The monoisotopic (exact) mass is 1260 g/mol. The largest absolute Gasteiger partial charge is 0.472 e. The number of unbranched alkanes of at least 4 members (excludes halogenated alkanes) is 29. The molecule has 506 valence electrons. The third kappa shape index (κ3) is 57.9. The molecular weight excluding hydrogens is 1140 g/mol. The number of hydrogen-bond donors (Lipinski definition) is 3. The highest BCUT2D eigenvalue weighted by atomic mass is 31.2. The second kappa shape index (κ2) is 58.9. The van der Waals surface area contributed by atoms with E-state index in [-0.39, 0.29) is 25.7 Å². The van der Waals surface area contributed by atoms with Crippen molar-refractivity contribution in [2.75, 3.05) is 39.6 Å². The third-order valence-corrected chi connectivity index (χ3v) is 17.5. The van der Waals surface area contributed by atoms with Gasteiger partial charge < -0.3 is 33.8 Å². The first kappa shape index (κ1) is 83.5. The van der Waals surface area contributed by atoms with Crippen molar-refractivity contribution in [3.8, 4) is 0 Å². The topological polar surface area (TPSA) is 237 Å². The third-order valence-electron chi connectivity index (χ3n) is 15.6. The van der Waals surface area contributed by atoms with E-state index < -0.39 is 97.5 Å². The molecule has 19 heteroatoms. The quantitative estimate of drug-likeness (QED) is 0.0169. The van der Waals surface area contributed by atoms with Crippen molar-refractivity contribution in [2.45, 2.75) is 330 Å². The average molecular weight is 1270 g/mol. The van der Waals surface area contributed by atoms with Gasteiger partial charge in [-0.25, -0.2) is 9.13 Å². The van der Waals surface area contributed by atoms with E-state index in [0.29, 0.717) is 25.7 Å². The zero-order valence-corrected chi connectivity index (χ0v) is 56.9. The molecule has 0 fully saturated rings. The lowest BCUT2D eigenvalue weighted by molar-refractivity contribution is -0.161. The van der Waals surface area contributed by atoms with Gasteiger partial charge in [0.25, 0.3) is 0 Å². The van der Waals surface area contributed by atoms with Gasteiger partial charge in [-0.05, 0) is 63.2 Å². The van der Waals surface area contributed by atoms with Crippen molar-refractivity contribution < 1.29 is 80.2 Å². The van der Waals surface area contributed by atoms with Crippen LogP contribution in [0.25, 0.3) is 0 Å². The maximum atomic E-state index is 13.0. The standard InChI is InChI=1S/C67H126O17P2/c1-7-11-13-15-17-18-19-20-21-22-23-28-32-39-45-51-66(71)83-62(56-78-65(70)50-44-38-31-27-25-24-26-30-35-41-47-59(5)9-3)57-81-85(73,74)79-53-61(68)54-80-86(75,76)82-58-63(55-77-64(69)49-43-37-29-16-14-12-8-2)84-67(72)52-46-40-34-33-36-42-48-60(6)10-4/h18-21,59-63,68H,7-17,22-58H2,1-6H3,(H,73,74)(H,75,76)/b19-18-,21-20-/t59?,60?,61-,62-,63-/m1/s1. The van der Waals surface area contributed by atoms with Gasteiger partial charge in [0.2, 0.25) is 0 Å². The molecule has 0 bridgehead atoms. The lowest BCUT2D eigenvalue weighted by Gasteiger charge is -2.21. The summed E-state index contributed by atoms with van der Waals surface area (Å²) in [6.07, 6.45) is 45.4. The molecule has 0 amide bonds. The van der Waals surface area contributed by atoms with E-state index in [1.807, 2.05) is 0 Å². The number of carbonyl (C=O) groups is 4. The Bertz CT molecular complexity index is 1780. The molecule has 4 unspecified atom stereocenters. The Hall–Kier alpha value is -2.46. The second-order valence-electron chi connectivity index (χ2n) is 24.0. The van der Waals surface area contributed by atoms with Crippen LogP contribution in [-0.4, -0.2) is 96.7 Å². The number of phosphoric ester groups is 2. The van der Waals surface area contributed by atoms with Crippen LogP contribution in [0.3, 0.4) is 0 Å². The summed E-state index contributed by atoms with van der Waals surface area (Å²) in [6.45, 7) is 9.39. The van der Waals surface area contributed by atoms with Crippen molar-refractivity contribution in [2.24, 2.45) is 11.8 Å². The van der Waals surface area contributed by atoms with Crippen LogP contribution in [0.2, 0.25) is 0 Å². The summed E-state index contributed by atoms with van der Waals surface area (Å²) in [5.41, 5.74) is 0. The van der Waals surface area contributed by atoms with Gasteiger partial charge in [0.1, 0.15) is 19.3 Å². The first-order valence-corrected chi connectivity index (χ1v) is 37.4. The van der Waals surface area contributed by atoms with E-state index in [1.165, 1.54) is 103 Å². The lowest BCUT2D eigenvalue weighted by atomic mass is 9.99. The highest BCUT2D eigenvalue weighted by Crippen LogP contribution is 2.45. The van der Waals surface area contributed by atoms with E-state index in [0.717, 1.165) is 127 Å². The molecule has 0 heterocycles. The van der Waals surface area contributed by atoms with Crippen molar-refractivity contribution in [1.82, 2.24) is 0 Å². The molecular formula is C67H126O17P2. The van der Waals surface area contributed by atoms with Gasteiger partial charge >= 0.3 is 39.5 Å². The minimum Gasteiger partial charge on any atom is -0.462 e. The minimum atomic E-state index is -4.96. The lowest BCUT2D eigenvalue weighted by Crippen LogP contribution is -2.30. The van der Waals surface area contributed by atoms with Crippen molar-refractivity contribution in [3.05, 3.63) is 24.3 Å². The van der Waals surface area contributed by atoms with Gasteiger partial charge in [-0.15, -0.1) is 0 Å². The van der Waals surface area contributed by atoms with Crippen LogP contribution < -0.4 is 0 Å². The second-order valence-corrected chi connectivity index (χ2v) is 26.9. The number of aliphatic hydroxyl groups is 1. The molecule has 0 aliphatic carbocycles. The Labute approximate surface area is 522 Å². The van der Waals surface area contributed by atoms with Crippen molar-refractivity contribution in [1.29, 1.82) is 0 Å². The SMILES string of the molecule is CCCCCC/C=C\C=C/CCCCCCCC(=O)O[C@H](COC(=O)CCCCCCCCCCCCC(C)CC)COP(=O)(O)OC[C@@H](O)COP(=O)(O)OC[C@@H](COC(=O)CCCCCCCCC)OC(=O)CCCCCCCCC(C)CC. The van der Waals surface area contributed by atoms with E-state index in [2.05, 4.69) is 65.8 Å². The maximum Gasteiger partial charge on any atom is 0.472 e. The molecule has 0 rings (SSSR count). The number of carbonyl (C=O) groups excluding carboxylic acids is 4. The first-order chi connectivity index (χ1) is 41.4. The highest BCUT2D eigenvalue weighted by molar-refractivity contribution is 7.47. The molecule has 0 radical (unpaired) electrons. The number of rotatable bonds is 64. The van der Waals surface area contributed by atoms with Crippen LogP contribution >= 0.6 is 15.6 Å². The molecule has 0 aromatic heterocycles.